The number of para-hydroxylation sites is 1. The van der Waals surface area contributed by atoms with Crippen LogP contribution in [0, 0.1) is 0 Å². The molecule has 0 aromatic heterocycles. The maximum atomic E-state index is 5.31. The van der Waals surface area contributed by atoms with Crippen molar-refractivity contribution in [3.63, 3.8) is 0 Å². The van der Waals surface area contributed by atoms with Crippen molar-refractivity contribution in [2.75, 3.05) is 11.9 Å². The van der Waals surface area contributed by atoms with Gasteiger partial charge >= 0.3 is 0 Å². The number of benzene rings is 1. The molecule has 1 rings (SSSR count). The lowest BCUT2D eigenvalue weighted by atomic mass is 10.0. The highest BCUT2D eigenvalue weighted by Gasteiger charge is 1.97. The molecule has 0 fully saturated rings. The highest BCUT2D eigenvalue weighted by Crippen LogP contribution is 2.12. The van der Waals surface area contributed by atoms with Crippen LogP contribution in [0.3, 0.4) is 0 Å². The van der Waals surface area contributed by atoms with Crippen LogP contribution in [0.2, 0.25) is 0 Å². The van der Waals surface area contributed by atoms with E-state index in [9.17, 15) is 0 Å². The third kappa shape index (κ3) is 14.1. The Balaban J connectivity index is 1.77. The topological polar surface area (TPSA) is 24.1 Å². The van der Waals surface area contributed by atoms with Gasteiger partial charge in [0, 0.05) is 12.2 Å². The minimum absolute atomic E-state index is 0.728. The SMILES string of the molecule is CCCCCCCCCCCCCCCCNC(=S)Nc1ccccc1. The van der Waals surface area contributed by atoms with Crippen LogP contribution in [-0.2, 0) is 0 Å². The lowest BCUT2D eigenvalue weighted by Crippen LogP contribution is -2.29. The van der Waals surface area contributed by atoms with Crippen LogP contribution in [0.1, 0.15) is 96.8 Å². The molecule has 0 atom stereocenters. The van der Waals surface area contributed by atoms with Crippen LogP contribution >= 0.6 is 12.2 Å². The summed E-state index contributed by atoms with van der Waals surface area (Å²) in [5.41, 5.74) is 1.05. The zero-order valence-electron chi connectivity index (χ0n) is 16.9. The number of hydrogen-bond acceptors (Lipinski definition) is 1. The summed E-state index contributed by atoms with van der Waals surface area (Å²) in [5.74, 6) is 0. The lowest BCUT2D eigenvalue weighted by molar-refractivity contribution is 0.535. The predicted molar refractivity (Wildman–Crippen MR) is 121 cm³/mol. The quantitative estimate of drug-likeness (QED) is 0.231. The predicted octanol–water partition coefficient (Wildman–Crippen LogP) is 7.45. The first-order valence-corrected chi connectivity index (χ1v) is 11.3. The van der Waals surface area contributed by atoms with Gasteiger partial charge in [0.1, 0.15) is 0 Å². The van der Waals surface area contributed by atoms with Gasteiger partial charge in [-0.15, -0.1) is 0 Å². The number of thiocarbonyl (C=S) groups is 1. The Hall–Kier alpha value is -1.09. The van der Waals surface area contributed by atoms with E-state index in [0.717, 1.165) is 17.3 Å². The molecule has 0 aliphatic carbocycles. The van der Waals surface area contributed by atoms with Crippen LogP contribution in [0.4, 0.5) is 5.69 Å². The van der Waals surface area contributed by atoms with Gasteiger partial charge in [0.15, 0.2) is 5.11 Å². The first-order valence-electron chi connectivity index (χ1n) is 10.9. The van der Waals surface area contributed by atoms with Crippen LogP contribution in [-0.4, -0.2) is 11.7 Å². The Bertz CT molecular complexity index is 433. The number of rotatable bonds is 16. The Kier molecular flexibility index (Phi) is 15.3. The second-order valence-corrected chi connectivity index (χ2v) is 7.75. The maximum Gasteiger partial charge on any atom is 0.170 e. The van der Waals surface area contributed by atoms with E-state index >= 15 is 0 Å². The van der Waals surface area contributed by atoms with E-state index in [-0.39, 0.29) is 0 Å². The molecule has 1 aromatic rings. The number of anilines is 1. The Morgan fingerprint density at radius 2 is 1.15 bits per heavy atom. The molecule has 3 heteroatoms. The van der Waals surface area contributed by atoms with Crippen molar-refractivity contribution in [3.05, 3.63) is 30.3 Å². The summed E-state index contributed by atoms with van der Waals surface area (Å²) in [6.45, 7) is 3.26. The molecule has 0 amide bonds. The smallest absolute Gasteiger partial charge is 0.170 e. The average molecular weight is 377 g/mol. The fourth-order valence-electron chi connectivity index (χ4n) is 3.22. The van der Waals surface area contributed by atoms with Gasteiger partial charge in [0.25, 0.3) is 0 Å². The molecule has 0 bridgehead atoms. The minimum Gasteiger partial charge on any atom is -0.362 e. The molecule has 0 radical (unpaired) electrons. The van der Waals surface area contributed by atoms with Gasteiger partial charge < -0.3 is 10.6 Å². The molecular formula is C23H40N2S. The summed E-state index contributed by atoms with van der Waals surface area (Å²) in [7, 11) is 0. The summed E-state index contributed by atoms with van der Waals surface area (Å²) in [4.78, 5) is 0. The second-order valence-electron chi connectivity index (χ2n) is 7.34. The first kappa shape index (κ1) is 23.0. The van der Waals surface area contributed by atoms with E-state index in [1.165, 1.54) is 89.9 Å². The molecule has 2 N–H and O–H groups in total. The molecule has 0 saturated carbocycles. The minimum atomic E-state index is 0.728. The molecular weight excluding hydrogens is 336 g/mol. The fourth-order valence-corrected chi connectivity index (χ4v) is 3.44. The molecule has 1 aromatic carbocycles. The summed E-state index contributed by atoms with van der Waals surface area (Å²) in [5, 5.41) is 7.23. The standard InChI is InChI=1S/C23H40N2S/c1-2-3-4-5-6-7-8-9-10-11-12-13-14-18-21-24-23(26)25-22-19-16-15-17-20-22/h15-17,19-20H,2-14,18,21H2,1H3,(H2,24,25,26). The molecule has 0 spiro atoms. The van der Waals surface area contributed by atoms with Gasteiger partial charge in [0.05, 0.1) is 0 Å². The van der Waals surface area contributed by atoms with Gasteiger partial charge in [-0.2, -0.15) is 0 Å². The third-order valence-electron chi connectivity index (χ3n) is 4.85. The molecule has 0 aliphatic heterocycles. The Labute approximate surface area is 167 Å². The van der Waals surface area contributed by atoms with Crippen LogP contribution in [0.25, 0.3) is 0 Å². The van der Waals surface area contributed by atoms with E-state index in [1.807, 2.05) is 30.3 Å². The molecule has 0 saturated heterocycles. The van der Waals surface area contributed by atoms with Crippen molar-refractivity contribution in [2.45, 2.75) is 96.8 Å². The van der Waals surface area contributed by atoms with Crippen LogP contribution in [0.5, 0.6) is 0 Å². The highest BCUT2D eigenvalue weighted by molar-refractivity contribution is 7.80. The summed E-state index contributed by atoms with van der Waals surface area (Å²) >= 11 is 5.31. The Morgan fingerprint density at radius 3 is 1.65 bits per heavy atom. The molecule has 0 aliphatic rings. The maximum absolute atomic E-state index is 5.31. The molecule has 148 valence electrons. The van der Waals surface area contributed by atoms with Gasteiger partial charge in [-0.1, -0.05) is 109 Å². The van der Waals surface area contributed by atoms with E-state index in [2.05, 4.69) is 17.6 Å². The molecule has 2 nitrogen and oxygen atoms in total. The fraction of sp³-hybridized carbons (Fsp3) is 0.696. The number of hydrogen-bond donors (Lipinski definition) is 2. The van der Waals surface area contributed by atoms with E-state index in [4.69, 9.17) is 12.2 Å². The summed E-state index contributed by atoms with van der Waals surface area (Å²) in [6.07, 6.45) is 19.6. The number of unbranched alkanes of at least 4 members (excludes halogenated alkanes) is 13. The van der Waals surface area contributed by atoms with E-state index in [0.29, 0.717) is 0 Å². The van der Waals surface area contributed by atoms with Gasteiger partial charge in [-0.05, 0) is 30.8 Å². The highest BCUT2D eigenvalue weighted by atomic mass is 32.1. The van der Waals surface area contributed by atoms with Crippen LogP contribution in [0.15, 0.2) is 30.3 Å². The zero-order chi connectivity index (χ0) is 18.7. The van der Waals surface area contributed by atoms with Crippen molar-refractivity contribution in [2.24, 2.45) is 0 Å². The lowest BCUT2D eigenvalue weighted by Gasteiger charge is -2.10. The summed E-state index contributed by atoms with van der Waals surface area (Å²) < 4.78 is 0. The van der Waals surface area contributed by atoms with Crippen molar-refractivity contribution in [1.29, 1.82) is 0 Å². The van der Waals surface area contributed by atoms with Crippen molar-refractivity contribution < 1.29 is 0 Å². The zero-order valence-corrected chi connectivity index (χ0v) is 17.7. The average Bonchev–Trinajstić information content (AvgIpc) is 2.65. The van der Waals surface area contributed by atoms with Crippen molar-refractivity contribution in [3.8, 4) is 0 Å². The third-order valence-corrected chi connectivity index (χ3v) is 5.09. The van der Waals surface area contributed by atoms with Gasteiger partial charge in [0.2, 0.25) is 0 Å². The van der Waals surface area contributed by atoms with Crippen molar-refractivity contribution in [1.82, 2.24) is 5.32 Å². The van der Waals surface area contributed by atoms with Crippen molar-refractivity contribution >= 4 is 23.0 Å². The summed E-state index contributed by atoms with van der Waals surface area (Å²) in [6, 6.07) is 10.1. The first-order chi connectivity index (χ1) is 12.8. The van der Waals surface area contributed by atoms with Gasteiger partial charge in [-0.25, -0.2) is 0 Å². The monoisotopic (exact) mass is 376 g/mol. The number of nitrogens with one attached hydrogen (secondary N) is 2. The normalized spacial score (nSPS) is 10.7. The molecule has 0 heterocycles. The molecule has 0 unspecified atom stereocenters. The Morgan fingerprint density at radius 1 is 0.692 bits per heavy atom. The molecule has 26 heavy (non-hydrogen) atoms. The second kappa shape index (κ2) is 17.3. The van der Waals surface area contributed by atoms with Crippen LogP contribution < -0.4 is 10.6 Å². The largest absolute Gasteiger partial charge is 0.362 e. The van der Waals surface area contributed by atoms with Gasteiger partial charge in [-0.3, -0.25) is 0 Å². The van der Waals surface area contributed by atoms with E-state index < -0.39 is 0 Å². The van der Waals surface area contributed by atoms with E-state index in [1.54, 1.807) is 0 Å².